The van der Waals surface area contributed by atoms with E-state index in [-0.39, 0.29) is 0 Å². The van der Waals surface area contributed by atoms with Gasteiger partial charge in [-0.2, -0.15) is 0 Å². The van der Waals surface area contributed by atoms with Crippen LogP contribution in [0.25, 0.3) is 0 Å². The Labute approximate surface area is 114 Å². The maximum Gasteiger partial charge on any atom is 0.404 e. The number of primary amides is 1. The smallest absolute Gasteiger partial charge is 0.404 e. The average Bonchev–Trinajstić information content (AvgIpc) is 2.42. The predicted molar refractivity (Wildman–Crippen MR) is 74.8 cm³/mol. The molecule has 1 saturated heterocycles. The molecule has 0 aromatic heterocycles. The minimum absolute atomic E-state index is 0.401. The van der Waals surface area contributed by atoms with Gasteiger partial charge in [0.15, 0.2) is 0 Å². The number of amides is 1. The van der Waals surface area contributed by atoms with Crippen LogP contribution >= 0.6 is 0 Å². The van der Waals surface area contributed by atoms with Gasteiger partial charge in [-0.3, -0.25) is 4.90 Å². The number of ether oxygens (including phenoxy) is 1. The lowest BCUT2D eigenvalue weighted by molar-refractivity contribution is 0.118. The average molecular weight is 262 g/mol. The highest BCUT2D eigenvalue weighted by Gasteiger charge is 2.19. The fourth-order valence-corrected chi connectivity index (χ4v) is 2.64. The van der Waals surface area contributed by atoms with E-state index >= 15 is 0 Å². The lowest BCUT2D eigenvalue weighted by Gasteiger charge is -2.31. The van der Waals surface area contributed by atoms with Gasteiger partial charge in [0.2, 0.25) is 0 Å². The maximum atomic E-state index is 10.5. The standard InChI is InChI=1S/C15H22N2O2/c16-15(18)19-11-10-17-8-6-14(7-9-17)12-13-4-2-1-3-5-13/h1-5,14H,6-12H2,(H2,16,18). The molecule has 19 heavy (non-hydrogen) atoms. The largest absolute Gasteiger partial charge is 0.448 e. The molecule has 1 aliphatic heterocycles. The van der Waals surface area contributed by atoms with E-state index in [9.17, 15) is 4.79 Å². The monoisotopic (exact) mass is 262 g/mol. The zero-order valence-electron chi connectivity index (χ0n) is 11.3. The summed E-state index contributed by atoms with van der Waals surface area (Å²) in [6.45, 7) is 3.36. The quantitative estimate of drug-likeness (QED) is 0.883. The number of benzene rings is 1. The van der Waals surface area contributed by atoms with E-state index in [4.69, 9.17) is 10.5 Å². The molecule has 0 radical (unpaired) electrons. The molecule has 0 aliphatic carbocycles. The lowest BCUT2D eigenvalue weighted by atomic mass is 9.90. The van der Waals surface area contributed by atoms with Crippen molar-refractivity contribution >= 4 is 6.09 Å². The summed E-state index contributed by atoms with van der Waals surface area (Å²) >= 11 is 0. The van der Waals surface area contributed by atoms with Crippen LogP contribution in [-0.4, -0.2) is 37.2 Å². The molecule has 2 N–H and O–H groups in total. The van der Waals surface area contributed by atoms with Crippen LogP contribution in [0.4, 0.5) is 4.79 Å². The van der Waals surface area contributed by atoms with Gasteiger partial charge in [-0.1, -0.05) is 30.3 Å². The van der Waals surface area contributed by atoms with Crippen molar-refractivity contribution in [2.45, 2.75) is 19.3 Å². The summed E-state index contributed by atoms with van der Waals surface area (Å²) in [6.07, 6.45) is 2.92. The van der Waals surface area contributed by atoms with Crippen molar-refractivity contribution in [3.63, 3.8) is 0 Å². The first-order chi connectivity index (χ1) is 9.24. The molecule has 0 unspecified atom stereocenters. The van der Waals surface area contributed by atoms with E-state index in [0.29, 0.717) is 6.61 Å². The number of nitrogens with two attached hydrogens (primary N) is 1. The second-order valence-electron chi connectivity index (χ2n) is 5.14. The van der Waals surface area contributed by atoms with Crippen LogP contribution in [0.1, 0.15) is 18.4 Å². The Bertz CT molecular complexity index is 386. The van der Waals surface area contributed by atoms with Gasteiger partial charge in [-0.25, -0.2) is 4.79 Å². The van der Waals surface area contributed by atoms with Gasteiger partial charge in [-0.15, -0.1) is 0 Å². The van der Waals surface area contributed by atoms with Crippen LogP contribution in [0.2, 0.25) is 0 Å². The summed E-state index contributed by atoms with van der Waals surface area (Å²) in [5.74, 6) is 0.774. The number of hydrogen-bond acceptors (Lipinski definition) is 3. The third-order valence-corrected chi connectivity index (χ3v) is 3.73. The van der Waals surface area contributed by atoms with E-state index in [1.54, 1.807) is 0 Å². The van der Waals surface area contributed by atoms with Crippen LogP contribution < -0.4 is 5.73 Å². The lowest BCUT2D eigenvalue weighted by Crippen LogP contribution is -2.37. The second kappa shape index (κ2) is 7.14. The molecule has 0 saturated carbocycles. The number of nitrogens with zero attached hydrogens (tertiary/aromatic N) is 1. The molecular formula is C15H22N2O2. The zero-order valence-corrected chi connectivity index (χ0v) is 11.3. The molecule has 4 heteroatoms. The number of piperidine rings is 1. The molecule has 1 heterocycles. The predicted octanol–water partition coefficient (Wildman–Crippen LogP) is 2.04. The van der Waals surface area contributed by atoms with Gasteiger partial charge in [-0.05, 0) is 43.8 Å². The number of carbonyl (C=O) groups is 1. The highest BCUT2D eigenvalue weighted by Crippen LogP contribution is 2.21. The molecule has 1 aromatic rings. The number of carbonyl (C=O) groups excluding carboxylic acids is 1. The van der Waals surface area contributed by atoms with E-state index in [0.717, 1.165) is 25.6 Å². The molecule has 1 aromatic carbocycles. The van der Waals surface area contributed by atoms with Crippen molar-refractivity contribution in [2.75, 3.05) is 26.2 Å². The summed E-state index contributed by atoms with van der Waals surface area (Å²) < 4.78 is 4.76. The van der Waals surface area contributed by atoms with Crippen molar-refractivity contribution in [1.82, 2.24) is 4.90 Å². The molecule has 1 amide bonds. The third-order valence-electron chi connectivity index (χ3n) is 3.73. The van der Waals surface area contributed by atoms with Gasteiger partial charge in [0.05, 0.1) is 0 Å². The van der Waals surface area contributed by atoms with Crippen LogP contribution in [0.3, 0.4) is 0 Å². The Hall–Kier alpha value is -1.55. The summed E-state index contributed by atoms with van der Waals surface area (Å²) in [4.78, 5) is 12.8. The van der Waals surface area contributed by atoms with Crippen LogP contribution in [0.5, 0.6) is 0 Å². The maximum absolute atomic E-state index is 10.5. The van der Waals surface area contributed by atoms with Crippen molar-refractivity contribution in [3.05, 3.63) is 35.9 Å². The van der Waals surface area contributed by atoms with Crippen molar-refractivity contribution in [2.24, 2.45) is 11.7 Å². The highest BCUT2D eigenvalue weighted by molar-refractivity contribution is 5.64. The van der Waals surface area contributed by atoms with E-state index < -0.39 is 6.09 Å². The molecule has 4 nitrogen and oxygen atoms in total. The Morgan fingerprint density at radius 3 is 2.58 bits per heavy atom. The molecular weight excluding hydrogens is 240 g/mol. The molecule has 0 spiro atoms. The van der Waals surface area contributed by atoms with Gasteiger partial charge in [0, 0.05) is 6.54 Å². The van der Waals surface area contributed by atoms with Crippen LogP contribution in [0, 0.1) is 5.92 Å². The third kappa shape index (κ3) is 4.91. The molecule has 0 bridgehead atoms. The summed E-state index contributed by atoms with van der Waals surface area (Å²) in [5, 5.41) is 0. The Kier molecular flexibility index (Phi) is 5.21. The first-order valence-corrected chi connectivity index (χ1v) is 6.92. The topological polar surface area (TPSA) is 55.6 Å². The second-order valence-corrected chi connectivity index (χ2v) is 5.14. The minimum Gasteiger partial charge on any atom is -0.448 e. The Morgan fingerprint density at radius 2 is 1.95 bits per heavy atom. The number of likely N-dealkylation sites (tertiary alicyclic amines) is 1. The molecule has 2 rings (SSSR count). The Morgan fingerprint density at radius 1 is 1.26 bits per heavy atom. The van der Waals surface area contributed by atoms with Crippen molar-refractivity contribution in [1.29, 1.82) is 0 Å². The first kappa shape index (κ1) is 13.9. The SMILES string of the molecule is NC(=O)OCCN1CCC(Cc2ccccc2)CC1. The van der Waals surface area contributed by atoms with Gasteiger partial charge < -0.3 is 10.5 Å². The fourth-order valence-electron chi connectivity index (χ4n) is 2.64. The first-order valence-electron chi connectivity index (χ1n) is 6.92. The Balaban J connectivity index is 1.66. The van der Waals surface area contributed by atoms with E-state index in [1.807, 2.05) is 0 Å². The molecule has 1 fully saturated rings. The van der Waals surface area contributed by atoms with Gasteiger partial charge in [0.25, 0.3) is 0 Å². The number of hydrogen-bond donors (Lipinski definition) is 1. The fraction of sp³-hybridized carbons (Fsp3) is 0.533. The van der Waals surface area contributed by atoms with Gasteiger partial charge >= 0.3 is 6.09 Å². The molecule has 1 aliphatic rings. The minimum atomic E-state index is -0.682. The number of rotatable bonds is 5. The van der Waals surface area contributed by atoms with Gasteiger partial charge in [0.1, 0.15) is 6.61 Å². The molecule has 0 atom stereocenters. The van der Waals surface area contributed by atoms with Crippen LogP contribution in [-0.2, 0) is 11.2 Å². The summed E-state index contributed by atoms with van der Waals surface area (Å²) in [7, 11) is 0. The molecule has 104 valence electrons. The van der Waals surface area contributed by atoms with E-state index in [1.165, 1.54) is 24.8 Å². The highest BCUT2D eigenvalue weighted by atomic mass is 16.5. The van der Waals surface area contributed by atoms with Crippen molar-refractivity contribution in [3.8, 4) is 0 Å². The zero-order chi connectivity index (χ0) is 13.5. The van der Waals surface area contributed by atoms with E-state index in [2.05, 4.69) is 35.2 Å². The van der Waals surface area contributed by atoms with Crippen molar-refractivity contribution < 1.29 is 9.53 Å². The van der Waals surface area contributed by atoms with Crippen LogP contribution in [0.15, 0.2) is 30.3 Å². The summed E-state index contributed by atoms with van der Waals surface area (Å²) in [5.41, 5.74) is 6.37. The summed E-state index contributed by atoms with van der Waals surface area (Å²) in [6, 6.07) is 10.7. The normalized spacial score (nSPS) is 17.3.